The van der Waals surface area contributed by atoms with Gasteiger partial charge in [-0.2, -0.15) is 0 Å². The summed E-state index contributed by atoms with van der Waals surface area (Å²) in [6.45, 7) is 6.00. The molecule has 0 aliphatic rings. The van der Waals surface area contributed by atoms with Gasteiger partial charge in [-0.05, 0) is 62.2 Å². The largest absolute Gasteiger partial charge is 0.491 e. The van der Waals surface area contributed by atoms with Gasteiger partial charge in [-0.15, -0.1) is 0 Å². The van der Waals surface area contributed by atoms with E-state index in [1.54, 1.807) is 18.2 Å². The Balaban J connectivity index is 2.04. The lowest BCUT2D eigenvalue weighted by atomic mass is 10.2. The van der Waals surface area contributed by atoms with Crippen molar-refractivity contribution in [2.24, 2.45) is 0 Å². The van der Waals surface area contributed by atoms with Crippen LogP contribution in [0.2, 0.25) is 5.02 Å². The van der Waals surface area contributed by atoms with E-state index in [9.17, 15) is 4.79 Å². The molecule has 0 radical (unpaired) electrons. The van der Waals surface area contributed by atoms with Crippen molar-refractivity contribution in [3.63, 3.8) is 0 Å². The SMILES string of the molecule is CCC(C)Oc1ccc(C(=O)Nc2ccc(C)c(Cl)c2)cc1. The minimum Gasteiger partial charge on any atom is -0.491 e. The van der Waals surface area contributed by atoms with Crippen LogP contribution in [-0.2, 0) is 0 Å². The van der Waals surface area contributed by atoms with Crippen LogP contribution in [0.15, 0.2) is 42.5 Å². The van der Waals surface area contributed by atoms with Crippen molar-refractivity contribution in [2.75, 3.05) is 5.32 Å². The van der Waals surface area contributed by atoms with E-state index in [0.717, 1.165) is 17.7 Å². The van der Waals surface area contributed by atoms with Gasteiger partial charge in [-0.3, -0.25) is 4.79 Å². The summed E-state index contributed by atoms with van der Waals surface area (Å²) in [5.41, 5.74) is 2.24. The number of hydrogen-bond donors (Lipinski definition) is 1. The molecule has 0 bridgehead atoms. The van der Waals surface area contributed by atoms with Crippen LogP contribution in [-0.4, -0.2) is 12.0 Å². The van der Waals surface area contributed by atoms with E-state index in [-0.39, 0.29) is 12.0 Å². The number of aryl methyl sites for hydroxylation is 1. The molecule has 116 valence electrons. The summed E-state index contributed by atoms with van der Waals surface area (Å²) in [6.07, 6.45) is 1.10. The molecule has 1 N–H and O–H groups in total. The van der Waals surface area contributed by atoms with Crippen molar-refractivity contribution in [3.8, 4) is 5.75 Å². The second-order valence-electron chi connectivity index (χ2n) is 5.28. The molecule has 1 atom stereocenters. The predicted octanol–water partition coefficient (Wildman–Crippen LogP) is 5.08. The molecule has 1 unspecified atom stereocenters. The first-order valence-electron chi connectivity index (χ1n) is 7.34. The number of nitrogens with one attached hydrogen (secondary N) is 1. The number of carbonyl (C=O) groups excluding carboxylic acids is 1. The van der Waals surface area contributed by atoms with Crippen molar-refractivity contribution in [2.45, 2.75) is 33.3 Å². The van der Waals surface area contributed by atoms with Gasteiger partial charge in [0.1, 0.15) is 5.75 Å². The van der Waals surface area contributed by atoms with Gasteiger partial charge in [-0.1, -0.05) is 24.6 Å². The van der Waals surface area contributed by atoms with E-state index in [0.29, 0.717) is 16.3 Å². The average molecular weight is 318 g/mol. The Labute approximate surface area is 136 Å². The number of carbonyl (C=O) groups is 1. The molecule has 0 aliphatic carbocycles. The monoisotopic (exact) mass is 317 g/mol. The molecule has 4 heteroatoms. The molecular weight excluding hydrogens is 298 g/mol. The van der Waals surface area contributed by atoms with E-state index in [1.807, 2.05) is 38.1 Å². The number of rotatable bonds is 5. The summed E-state index contributed by atoms with van der Waals surface area (Å²) < 4.78 is 5.70. The fraction of sp³-hybridized carbons (Fsp3) is 0.278. The Morgan fingerprint density at radius 1 is 1.23 bits per heavy atom. The molecule has 0 heterocycles. The molecule has 2 aromatic carbocycles. The van der Waals surface area contributed by atoms with Crippen molar-refractivity contribution >= 4 is 23.2 Å². The van der Waals surface area contributed by atoms with Crippen LogP contribution in [0.5, 0.6) is 5.75 Å². The van der Waals surface area contributed by atoms with Crippen LogP contribution < -0.4 is 10.1 Å². The predicted molar refractivity (Wildman–Crippen MR) is 91.0 cm³/mol. The lowest BCUT2D eigenvalue weighted by Gasteiger charge is -2.13. The van der Waals surface area contributed by atoms with Gasteiger partial charge in [0.25, 0.3) is 5.91 Å². The maximum atomic E-state index is 12.2. The number of halogens is 1. The Hall–Kier alpha value is -2.00. The van der Waals surface area contributed by atoms with Crippen LogP contribution in [0.1, 0.15) is 36.2 Å². The summed E-state index contributed by atoms with van der Waals surface area (Å²) in [4.78, 5) is 12.2. The molecule has 0 aromatic heterocycles. The maximum Gasteiger partial charge on any atom is 0.255 e. The van der Waals surface area contributed by atoms with Crippen molar-refractivity contribution < 1.29 is 9.53 Å². The number of hydrogen-bond acceptors (Lipinski definition) is 2. The third-order valence-electron chi connectivity index (χ3n) is 3.46. The summed E-state index contributed by atoms with van der Waals surface area (Å²) in [5, 5.41) is 3.47. The van der Waals surface area contributed by atoms with E-state index in [1.165, 1.54) is 0 Å². The molecule has 1 amide bonds. The van der Waals surface area contributed by atoms with Gasteiger partial charge in [0.05, 0.1) is 6.10 Å². The normalized spacial score (nSPS) is 11.8. The number of benzene rings is 2. The maximum absolute atomic E-state index is 12.2. The molecule has 0 spiro atoms. The van der Waals surface area contributed by atoms with E-state index >= 15 is 0 Å². The topological polar surface area (TPSA) is 38.3 Å². The highest BCUT2D eigenvalue weighted by Gasteiger charge is 2.08. The standard InChI is InChI=1S/C18H20ClNO2/c1-4-13(3)22-16-9-6-14(7-10-16)18(21)20-15-8-5-12(2)17(19)11-15/h5-11,13H,4H2,1-3H3,(H,20,21). The first-order chi connectivity index (χ1) is 10.5. The zero-order valence-corrected chi connectivity index (χ0v) is 13.8. The highest BCUT2D eigenvalue weighted by atomic mass is 35.5. The van der Waals surface area contributed by atoms with Gasteiger partial charge < -0.3 is 10.1 Å². The van der Waals surface area contributed by atoms with Crippen LogP contribution in [0.25, 0.3) is 0 Å². The van der Waals surface area contributed by atoms with Gasteiger partial charge in [0, 0.05) is 16.3 Å². The van der Waals surface area contributed by atoms with Crippen LogP contribution >= 0.6 is 11.6 Å². The van der Waals surface area contributed by atoms with Crippen molar-refractivity contribution in [1.82, 2.24) is 0 Å². The average Bonchev–Trinajstić information content (AvgIpc) is 2.51. The lowest BCUT2D eigenvalue weighted by Crippen LogP contribution is -2.12. The fourth-order valence-corrected chi connectivity index (χ4v) is 2.05. The molecule has 0 saturated carbocycles. The first-order valence-corrected chi connectivity index (χ1v) is 7.71. The molecule has 0 aliphatic heterocycles. The Bertz CT molecular complexity index is 653. The second-order valence-corrected chi connectivity index (χ2v) is 5.69. The lowest BCUT2D eigenvalue weighted by molar-refractivity contribution is 0.102. The molecule has 22 heavy (non-hydrogen) atoms. The molecule has 2 rings (SSSR count). The fourth-order valence-electron chi connectivity index (χ4n) is 1.87. The third-order valence-corrected chi connectivity index (χ3v) is 3.87. The Morgan fingerprint density at radius 3 is 2.50 bits per heavy atom. The third kappa shape index (κ3) is 4.25. The summed E-state index contributed by atoms with van der Waals surface area (Å²) >= 11 is 6.06. The molecule has 2 aromatic rings. The van der Waals surface area contributed by atoms with Crippen LogP contribution in [0, 0.1) is 6.92 Å². The van der Waals surface area contributed by atoms with Gasteiger partial charge >= 0.3 is 0 Å². The smallest absolute Gasteiger partial charge is 0.255 e. The van der Waals surface area contributed by atoms with Crippen LogP contribution in [0.3, 0.4) is 0 Å². The van der Waals surface area contributed by atoms with Crippen molar-refractivity contribution in [1.29, 1.82) is 0 Å². The summed E-state index contributed by atoms with van der Waals surface area (Å²) in [5.74, 6) is 0.597. The number of ether oxygens (including phenoxy) is 1. The Morgan fingerprint density at radius 2 is 1.91 bits per heavy atom. The van der Waals surface area contributed by atoms with Gasteiger partial charge in [0.15, 0.2) is 0 Å². The molecule has 3 nitrogen and oxygen atoms in total. The summed E-state index contributed by atoms with van der Waals surface area (Å²) in [7, 11) is 0. The highest BCUT2D eigenvalue weighted by Crippen LogP contribution is 2.21. The molecule has 0 fully saturated rings. The minimum atomic E-state index is -0.171. The van der Waals surface area contributed by atoms with Gasteiger partial charge in [-0.25, -0.2) is 0 Å². The zero-order chi connectivity index (χ0) is 16.1. The second kappa shape index (κ2) is 7.32. The van der Waals surface area contributed by atoms with E-state index in [2.05, 4.69) is 12.2 Å². The van der Waals surface area contributed by atoms with E-state index in [4.69, 9.17) is 16.3 Å². The van der Waals surface area contributed by atoms with Gasteiger partial charge in [0.2, 0.25) is 0 Å². The minimum absolute atomic E-state index is 0.161. The molecular formula is C18H20ClNO2. The zero-order valence-electron chi connectivity index (χ0n) is 13.0. The highest BCUT2D eigenvalue weighted by molar-refractivity contribution is 6.31. The van der Waals surface area contributed by atoms with Crippen molar-refractivity contribution in [3.05, 3.63) is 58.6 Å². The Kier molecular flexibility index (Phi) is 5.45. The first kappa shape index (κ1) is 16.4. The quantitative estimate of drug-likeness (QED) is 0.835. The number of anilines is 1. The van der Waals surface area contributed by atoms with E-state index < -0.39 is 0 Å². The summed E-state index contributed by atoms with van der Waals surface area (Å²) in [6, 6.07) is 12.6. The number of amides is 1. The molecule has 0 saturated heterocycles. The van der Waals surface area contributed by atoms with Crippen LogP contribution in [0.4, 0.5) is 5.69 Å².